The summed E-state index contributed by atoms with van der Waals surface area (Å²) in [6.45, 7) is 5.59. The van der Waals surface area contributed by atoms with Crippen LogP contribution in [-0.2, 0) is 4.74 Å². The van der Waals surface area contributed by atoms with E-state index in [0.29, 0.717) is 28.2 Å². The van der Waals surface area contributed by atoms with Gasteiger partial charge in [-0.05, 0) is 62.7 Å². The number of amides is 1. The van der Waals surface area contributed by atoms with Gasteiger partial charge in [-0.25, -0.2) is 13.9 Å². The van der Waals surface area contributed by atoms with Crippen LogP contribution in [0.3, 0.4) is 0 Å². The summed E-state index contributed by atoms with van der Waals surface area (Å²) in [5.74, 6) is -1.18. The van der Waals surface area contributed by atoms with Gasteiger partial charge in [0, 0.05) is 11.3 Å². The first kappa shape index (κ1) is 19.3. The van der Waals surface area contributed by atoms with Crippen molar-refractivity contribution < 1.29 is 18.7 Å². The molecule has 0 unspecified atom stereocenters. The Morgan fingerprint density at radius 1 is 1.14 bits per heavy atom. The zero-order valence-corrected chi connectivity index (χ0v) is 15.8. The maximum atomic E-state index is 13.4. The third-order valence-corrected chi connectivity index (χ3v) is 4.33. The van der Waals surface area contributed by atoms with E-state index >= 15 is 0 Å². The van der Waals surface area contributed by atoms with E-state index in [1.165, 1.54) is 18.3 Å². The number of ether oxygens (including phenoxy) is 1. The molecule has 3 aromatic rings. The van der Waals surface area contributed by atoms with Gasteiger partial charge >= 0.3 is 5.97 Å². The summed E-state index contributed by atoms with van der Waals surface area (Å²) in [4.78, 5) is 24.4. The molecule has 0 radical (unpaired) electrons. The van der Waals surface area contributed by atoms with E-state index in [2.05, 4.69) is 10.4 Å². The van der Waals surface area contributed by atoms with Crippen LogP contribution in [-0.4, -0.2) is 28.3 Å². The molecule has 1 heterocycles. The zero-order valence-electron chi connectivity index (χ0n) is 15.8. The summed E-state index contributed by atoms with van der Waals surface area (Å²) in [5.41, 5.74) is 3.35. The van der Waals surface area contributed by atoms with E-state index in [9.17, 15) is 14.0 Å². The lowest BCUT2D eigenvalue weighted by atomic mass is 10.1. The highest BCUT2D eigenvalue weighted by molar-refractivity contribution is 6.04. The molecule has 1 N–H and O–H groups in total. The van der Waals surface area contributed by atoms with E-state index < -0.39 is 11.8 Å². The number of esters is 1. The number of hydrogen-bond acceptors (Lipinski definition) is 4. The minimum absolute atomic E-state index is 0.290. The van der Waals surface area contributed by atoms with Gasteiger partial charge in [-0.1, -0.05) is 6.07 Å². The number of nitrogens with one attached hydrogen (secondary N) is 1. The first-order valence-electron chi connectivity index (χ1n) is 8.80. The second kappa shape index (κ2) is 8.04. The van der Waals surface area contributed by atoms with Crippen LogP contribution in [0.15, 0.2) is 48.7 Å². The summed E-state index contributed by atoms with van der Waals surface area (Å²) in [5, 5.41) is 6.93. The highest BCUT2D eigenvalue weighted by atomic mass is 19.1. The standard InChI is InChI=1S/C21H20FN3O3/c1-4-28-21(27)18-12-23-25(14(18)3)17-9-6-15(7-10-17)20(26)24-19-11-16(22)8-5-13(19)2/h5-12H,4H2,1-3H3,(H,24,26). The molecule has 3 rings (SSSR count). The Morgan fingerprint density at radius 2 is 1.86 bits per heavy atom. The van der Waals surface area contributed by atoms with Gasteiger partial charge in [0.1, 0.15) is 11.4 Å². The Bertz CT molecular complexity index is 1030. The molecule has 28 heavy (non-hydrogen) atoms. The molecule has 0 fully saturated rings. The summed E-state index contributed by atoms with van der Waals surface area (Å²) < 4.78 is 20.0. The van der Waals surface area contributed by atoms with Crippen LogP contribution in [0.4, 0.5) is 10.1 Å². The highest BCUT2D eigenvalue weighted by Gasteiger charge is 2.16. The van der Waals surface area contributed by atoms with Crippen LogP contribution < -0.4 is 5.32 Å². The molecule has 144 valence electrons. The molecule has 1 aromatic heterocycles. The summed E-state index contributed by atoms with van der Waals surface area (Å²) in [7, 11) is 0. The van der Waals surface area contributed by atoms with Gasteiger partial charge in [-0.3, -0.25) is 4.79 Å². The fourth-order valence-electron chi connectivity index (χ4n) is 2.76. The fraction of sp³-hybridized carbons (Fsp3) is 0.190. The van der Waals surface area contributed by atoms with Crippen molar-refractivity contribution in [2.75, 3.05) is 11.9 Å². The lowest BCUT2D eigenvalue weighted by molar-refractivity contribution is 0.0525. The van der Waals surface area contributed by atoms with Crippen molar-refractivity contribution in [3.63, 3.8) is 0 Å². The van der Waals surface area contributed by atoms with Gasteiger partial charge in [-0.15, -0.1) is 0 Å². The Balaban J connectivity index is 1.79. The molecule has 7 heteroatoms. The smallest absolute Gasteiger partial charge is 0.341 e. The Kier molecular flexibility index (Phi) is 5.54. The SMILES string of the molecule is CCOC(=O)c1cnn(-c2ccc(C(=O)Nc3cc(F)ccc3C)cc2)c1C. The third-order valence-electron chi connectivity index (χ3n) is 4.33. The average Bonchev–Trinajstić information content (AvgIpc) is 3.06. The van der Waals surface area contributed by atoms with Gasteiger partial charge in [0.25, 0.3) is 5.91 Å². The lowest BCUT2D eigenvalue weighted by Crippen LogP contribution is -2.13. The number of benzene rings is 2. The molecular weight excluding hydrogens is 361 g/mol. The van der Waals surface area contributed by atoms with E-state index in [4.69, 9.17) is 4.74 Å². The molecule has 0 aliphatic heterocycles. The van der Waals surface area contributed by atoms with Crippen molar-refractivity contribution in [2.45, 2.75) is 20.8 Å². The van der Waals surface area contributed by atoms with Crippen molar-refractivity contribution in [3.8, 4) is 5.69 Å². The van der Waals surface area contributed by atoms with Crippen LogP contribution in [0.5, 0.6) is 0 Å². The molecule has 1 amide bonds. The Morgan fingerprint density at radius 3 is 2.54 bits per heavy atom. The minimum Gasteiger partial charge on any atom is -0.462 e. The number of aryl methyl sites for hydroxylation is 1. The molecule has 6 nitrogen and oxygen atoms in total. The van der Waals surface area contributed by atoms with Crippen LogP contribution >= 0.6 is 0 Å². The van der Waals surface area contributed by atoms with E-state index in [1.54, 1.807) is 55.8 Å². The predicted octanol–water partition coefficient (Wildman–Crippen LogP) is 4.06. The first-order chi connectivity index (χ1) is 13.4. The third kappa shape index (κ3) is 3.93. The largest absolute Gasteiger partial charge is 0.462 e. The second-order valence-electron chi connectivity index (χ2n) is 6.24. The van der Waals surface area contributed by atoms with Crippen molar-refractivity contribution in [1.29, 1.82) is 0 Å². The van der Waals surface area contributed by atoms with Crippen molar-refractivity contribution in [2.24, 2.45) is 0 Å². The highest BCUT2D eigenvalue weighted by Crippen LogP contribution is 2.19. The molecular formula is C21H20FN3O3. The van der Waals surface area contributed by atoms with E-state index in [-0.39, 0.29) is 12.5 Å². The maximum absolute atomic E-state index is 13.4. The molecule has 0 saturated carbocycles. The zero-order chi connectivity index (χ0) is 20.3. The molecule has 0 atom stereocenters. The van der Waals surface area contributed by atoms with Gasteiger partial charge < -0.3 is 10.1 Å². The Labute approximate surface area is 161 Å². The van der Waals surface area contributed by atoms with Crippen molar-refractivity contribution in [1.82, 2.24) is 9.78 Å². The molecule has 0 saturated heterocycles. The number of nitrogens with zero attached hydrogens (tertiary/aromatic N) is 2. The van der Waals surface area contributed by atoms with Crippen LogP contribution in [0, 0.1) is 19.7 Å². The van der Waals surface area contributed by atoms with E-state index in [1.807, 2.05) is 0 Å². The summed E-state index contributed by atoms with van der Waals surface area (Å²) >= 11 is 0. The summed E-state index contributed by atoms with van der Waals surface area (Å²) in [6, 6.07) is 11.0. The number of rotatable bonds is 5. The quantitative estimate of drug-likeness (QED) is 0.677. The number of aromatic nitrogens is 2. The molecule has 0 spiro atoms. The lowest BCUT2D eigenvalue weighted by Gasteiger charge is -2.10. The van der Waals surface area contributed by atoms with Gasteiger partial charge in [0.2, 0.25) is 0 Å². The number of carbonyl (C=O) groups is 2. The van der Waals surface area contributed by atoms with Crippen LogP contribution in [0.2, 0.25) is 0 Å². The molecule has 0 aliphatic rings. The number of carbonyl (C=O) groups excluding carboxylic acids is 2. The van der Waals surface area contributed by atoms with Gasteiger partial charge in [-0.2, -0.15) is 5.10 Å². The van der Waals surface area contributed by atoms with E-state index in [0.717, 1.165) is 5.56 Å². The normalized spacial score (nSPS) is 10.6. The maximum Gasteiger partial charge on any atom is 0.341 e. The van der Waals surface area contributed by atoms with Crippen LogP contribution in [0.25, 0.3) is 5.69 Å². The number of halogens is 1. The van der Waals surface area contributed by atoms with Crippen molar-refractivity contribution in [3.05, 3.63) is 76.9 Å². The predicted molar refractivity (Wildman–Crippen MR) is 103 cm³/mol. The van der Waals surface area contributed by atoms with Crippen LogP contribution in [0.1, 0.15) is 38.9 Å². The number of hydrogen-bond donors (Lipinski definition) is 1. The molecule has 2 aromatic carbocycles. The minimum atomic E-state index is -0.423. The first-order valence-corrected chi connectivity index (χ1v) is 8.80. The monoisotopic (exact) mass is 381 g/mol. The number of anilines is 1. The Hall–Kier alpha value is -3.48. The topological polar surface area (TPSA) is 73.2 Å². The average molecular weight is 381 g/mol. The second-order valence-corrected chi connectivity index (χ2v) is 6.24. The molecule has 0 bridgehead atoms. The molecule has 0 aliphatic carbocycles. The fourth-order valence-corrected chi connectivity index (χ4v) is 2.76. The van der Waals surface area contributed by atoms with Crippen molar-refractivity contribution >= 4 is 17.6 Å². The van der Waals surface area contributed by atoms with Gasteiger partial charge in [0.05, 0.1) is 24.2 Å². The van der Waals surface area contributed by atoms with Gasteiger partial charge in [0.15, 0.2) is 0 Å². The summed E-state index contributed by atoms with van der Waals surface area (Å²) in [6.07, 6.45) is 1.46.